The lowest BCUT2D eigenvalue weighted by Gasteiger charge is -2.18. The molecule has 3 aliphatic carbocycles. The highest BCUT2D eigenvalue weighted by Crippen LogP contribution is 2.45. The molecule has 0 bridgehead atoms. The molecule has 9 heteroatoms. The molecule has 0 unspecified atom stereocenters. The summed E-state index contributed by atoms with van der Waals surface area (Å²) in [6.45, 7) is 0. The van der Waals surface area contributed by atoms with E-state index in [4.69, 9.17) is 9.98 Å². The number of anilines is 1. The maximum Gasteiger partial charge on any atom is 0.326 e. The highest BCUT2D eigenvalue weighted by molar-refractivity contribution is 5.58. The van der Waals surface area contributed by atoms with Crippen molar-refractivity contribution < 1.29 is 5.11 Å². The largest absolute Gasteiger partial charge is 0.493 e. The second kappa shape index (κ2) is 6.20. The number of hydrogen-bond acceptors (Lipinski definition) is 6. The molecule has 3 aliphatic rings. The number of nitrogens with zero attached hydrogens (tertiary/aromatic N) is 4. The van der Waals surface area contributed by atoms with Crippen LogP contribution in [-0.4, -0.2) is 41.8 Å². The second-order valence-corrected chi connectivity index (χ2v) is 8.53. The van der Waals surface area contributed by atoms with Gasteiger partial charge in [0, 0.05) is 17.3 Å². The van der Waals surface area contributed by atoms with Crippen LogP contribution in [0.1, 0.15) is 44.2 Å². The summed E-state index contributed by atoms with van der Waals surface area (Å²) in [7, 11) is 0. The normalized spacial score (nSPS) is 20.9. The van der Waals surface area contributed by atoms with Crippen molar-refractivity contribution in [3.63, 3.8) is 0 Å². The van der Waals surface area contributed by atoms with E-state index >= 15 is 0 Å². The maximum atomic E-state index is 11.4. The van der Waals surface area contributed by atoms with Crippen molar-refractivity contribution >= 4 is 17.5 Å². The van der Waals surface area contributed by atoms with Crippen molar-refractivity contribution in [2.24, 2.45) is 16.8 Å². The fourth-order valence-corrected chi connectivity index (χ4v) is 3.97. The average molecular weight is 393 g/mol. The molecule has 0 saturated heterocycles. The third kappa shape index (κ3) is 3.30. The lowest BCUT2D eigenvalue weighted by atomic mass is 10.1. The van der Waals surface area contributed by atoms with Gasteiger partial charge in [-0.2, -0.15) is 9.61 Å². The van der Waals surface area contributed by atoms with Gasteiger partial charge in [0.15, 0.2) is 11.1 Å². The molecule has 0 radical (unpaired) electrons. The molecule has 3 aromatic rings. The zero-order chi connectivity index (χ0) is 19.5. The number of hydrogen-bond donors (Lipinski definition) is 4. The van der Waals surface area contributed by atoms with Crippen LogP contribution in [0.5, 0.6) is 5.88 Å². The van der Waals surface area contributed by atoms with E-state index in [1.807, 2.05) is 6.07 Å². The van der Waals surface area contributed by atoms with Gasteiger partial charge in [-0.25, -0.2) is 9.78 Å². The number of fused-ring (bicyclic) bond motifs is 1. The molecular formula is C20H23N7O2. The van der Waals surface area contributed by atoms with Crippen LogP contribution in [0.4, 0.5) is 5.82 Å². The van der Waals surface area contributed by atoms with Crippen molar-refractivity contribution in [1.29, 1.82) is 0 Å². The third-order valence-electron chi connectivity index (χ3n) is 5.95. The number of aromatic amines is 2. The van der Waals surface area contributed by atoms with Crippen LogP contribution in [0, 0.1) is 11.8 Å². The second-order valence-electron chi connectivity index (χ2n) is 8.53. The van der Waals surface area contributed by atoms with E-state index in [1.54, 1.807) is 16.8 Å². The van der Waals surface area contributed by atoms with Crippen molar-refractivity contribution in [1.82, 2.24) is 24.6 Å². The molecule has 150 valence electrons. The van der Waals surface area contributed by atoms with Gasteiger partial charge in [-0.3, -0.25) is 9.98 Å². The fraction of sp³-hybridized carbons (Fsp3) is 0.500. The van der Waals surface area contributed by atoms with Crippen molar-refractivity contribution in [3.8, 4) is 5.88 Å². The van der Waals surface area contributed by atoms with Gasteiger partial charge in [-0.05, 0) is 56.4 Å². The van der Waals surface area contributed by atoms with E-state index in [0.717, 1.165) is 36.0 Å². The topological polar surface area (TPSA) is 123 Å². The Balaban J connectivity index is 1.48. The van der Waals surface area contributed by atoms with Crippen LogP contribution in [0.25, 0.3) is 11.7 Å². The first kappa shape index (κ1) is 16.8. The summed E-state index contributed by atoms with van der Waals surface area (Å²) in [5, 5.41) is 18.8. The van der Waals surface area contributed by atoms with Gasteiger partial charge < -0.3 is 15.4 Å². The number of H-pyrrole nitrogens is 2. The molecule has 0 amide bonds. The smallest absolute Gasteiger partial charge is 0.326 e. The third-order valence-corrected chi connectivity index (χ3v) is 5.95. The molecule has 3 aromatic heterocycles. The van der Waals surface area contributed by atoms with E-state index in [9.17, 15) is 9.90 Å². The van der Waals surface area contributed by atoms with Crippen LogP contribution in [-0.2, 0) is 0 Å². The number of imidazole rings is 1. The van der Waals surface area contributed by atoms with Gasteiger partial charge >= 0.3 is 5.69 Å². The average Bonchev–Trinajstić information content (AvgIpc) is 3.56. The standard InChI is InChI=1S/C20H23N7O2/c28-19-14(23-20(29)26-19)7-12-9-21-27-16(22-13-5-6-13)8-15(25-18(12)27)24-17(10-1-2-10)11-3-4-11/h7-11,13,17,24,28H,1-6H2,(H2,23,26,29)/b12-7-,22-16?. The molecule has 3 fully saturated rings. The van der Waals surface area contributed by atoms with E-state index in [1.165, 1.54) is 25.7 Å². The van der Waals surface area contributed by atoms with Crippen molar-refractivity contribution in [2.75, 3.05) is 5.32 Å². The highest BCUT2D eigenvalue weighted by atomic mass is 16.3. The number of aromatic hydroxyl groups is 1. The number of rotatable bonds is 6. The van der Waals surface area contributed by atoms with Crippen molar-refractivity contribution in [3.05, 3.63) is 39.1 Å². The maximum absolute atomic E-state index is 11.4. The molecule has 0 spiro atoms. The summed E-state index contributed by atoms with van der Waals surface area (Å²) in [4.78, 5) is 26.0. The van der Waals surface area contributed by atoms with E-state index in [-0.39, 0.29) is 5.88 Å². The van der Waals surface area contributed by atoms with Gasteiger partial charge in [-0.1, -0.05) is 0 Å². The Hall–Kier alpha value is -3.10. The molecule has 6 rings (SSSR count). The Morgan fingerprint density at radius 1 is 1.21 bits per heavy atom. The Bertz CT molecular complexity index is 1250. The molecular weight excluding hydrogens is 370 g/mol. The van der Waals surface area contributed by atoms with E-state index in [0.29, 0.717) is 28.6 Å². The summed E-state index contributed by atoms with van der Waals surface area (Å²) >= 11 is 0. The lowest BCUT2D eigenvalue weighted by Crippen LogP contribution is -2.27. The summed E-state index contributed by atoms with van der Waals surface area (Å²) in [6.07, 6.45) is 10.7. The number of nitrogens with one attached hydrogen (secondary N) is 3. The molecule has 9 nitrogen and oxygen atoms in total. The van der Waals surface area contributed by atoms with Crippen LogP contribution in [0.2, 0.25) is 0 Å². The van der Waals surface area contributed by atoms with Crippen LogP contribution in [0.15, 0.2) is 22.1 Å². The molecule has 0 aliphatic heterocycles. The zero-order valence-electron chi connectivity index (χ0n) is 15.9. The predicted octanol–water partition coefficient (Wildman–Crippen LogP) is 0.663. The fourth-order valence-electron chi connectivity index (χ4n) is 3.97. The van der Waals surface area contributed by atoms with Gasteiger partial charge in [0.1, 0.15) is 11.5 Å². The van der Waals surface area contributed by atoms with Crippen LogP contribution in [0.3, 0.4) is 0 Å². The molecule has 0 atom stereocenters. The monoisotopic (exact) mass is 393 g/mol. The first-order valence-corrected chi connectivity index (χ1v) is 10.4. The first-order chi connectivity index (χ1) is 14.1. The predicted molar refractivity (Wildman–Crippen MR) is 106 cm³/mol. The summed E-state index contributed by atoms with van der Waals surface area (Å²) in [5.41, 5.74) is 1.29. The minimum Gasteiger partial charge on any atom is -0.493 e. The van der Waals surface area contributed by atoms with Crippen LogP contribution >= 0.6 is 0 Å². The Kier molecular flexibility index (Phi) is 3.60. The molecule has 3 saturated carbocycles. The summed E-state index contributed by atoms with van der Waals surface area (Å²) in [5.74, 6) is 2.13. The van der Waals surface area contributed by atoms with Gasteiger partial charge in [0.2, 0.25) is 5.88 Å². The van der Waals surface area contributed by atoms with Crippen molar-refractivity contribution in [2.45, 2.75) is 50.6 Å². The Morgan fingerprint density at radius 2 is 1.97 bits per heavy atom. The van der Waals surface area contributed by atoms with Crippen LogP contribution < -0.4 is 21.7 Å². The quantitative estimate of drug-likeness (QED) is 0.490. The first-order valence-electron chi connectivity index (χ1n) is 10.4. The Labute approximate surface area is 165 Å². The Morgan fingerprint density at radius 3 is 2.59 bits per heavy atom. The van der Waals surface area contributed by atoms with Gasteiger partial charge in [-0.15, -0.1) is 0 Å². The van der Waals surface area contributed by atoms with E-state index < -0.39 is 5.69 Å². The van der Waals surface area contributed by atoms with Gasteiger partial charge in [0.05, 0.1) is 12.2 Å². The summed E-state index contributed by atoms with van der Waals surface area (Å²) in [6, 6.07) is 2.84. The molecule has 4 N–H and O–H groups in total. The summed E-state index contributed by atoms with van der Waals surface area (Å²) < 4.78 is 1.74. The number of aromatic nitrogens is 5. The zero-order valence-corrected chi connectivity index (χ0v) is 15.9. The highest BCUT2D eigenvalue weighted by Gasteiger charge is 2.41. The van der Waals surface area contributed by atoms with Gasteiger partial charge in [0.25, 0.3) is 0 Å². The molecule has 0 aromatic carbocycles. The SMILES string of the molecule is O=c1[nH]c(O)c(/C=c2/cnn3c(=NC4CC4)cc(NC(C4CC4)C4CC4)nc23)[nH]1. The van der Waals surface area contributed by atoms with E-state index in [2.05, 4.69) is 20.4 Å². The lowest BCUT2D eigenvalue weighted by molar-refractivity contribution is 0.454. The minimum atomic E-state index is -0.457. The molecule has 29 heavy (non-hydrogen) atoms. The molecule has 3 heterocycles. The minimum absolute atomic E-state index is 0.200.